The maximum Gasteiger partial charge on any atom is 0.345 e. The van der Waals surface area contributed by atoms with Crippen LogP contribution >= 0.6 is 11.3 Å². The molecule has 1 aromatic heterocycles. The molecule has 0 saturated carbocycles. The molecule has 0 aliphatic carbocycles. The zero-order valence-electron chi connectivity index (χ0n) is 8.25. The first kappa shape index (κ1) is 9.42. The van der Waals surface area contributed by atoms with Crippen molar-refractivity contribution in [3.05, 3.63) is 52.2 Å². The third kappa shape index (κ3) is 1.47. The molecule has 0 spiro atoms. The summed E-state index contributed by atoms with van der Waals surface area (Å²) in [5, 5.41) is 1.92. The number of cyclic esters (lactones) is 1. The summed E-state index contributed by atoms with van der Waals surface area (Å²) in [7, 11) is 0. The van der Waals surface area contributed by atoms with E-state index in [2.05, 4.69) is 0 Å². The van der Waals surface area contributed by atoms with E-state index in [1.165, 1.54) is 11.3 Å². The Morgan fingerprint density at radius 3 is 2.75 bits per heavy atom. The average Bonchev–Trinajstić information content (AvgIpc) is 2.82. The van der Waals surface area contributed by atoms with E-state index in [1.807, 2.05) is 23.6 Å². The number of ether oxygens (including phenoxy) is 2. The van der Waals surface area contributed by atoms with Gasteiger partial charge in [0, 0.05) is 0 Å². The fourth-order valence-corrected chi connectivity index (χ4v) is 2.26. The quantitative estimate of drug-likeness (QED) is 0.709. The molecule has 0 fully saturated rings. The monoisotopic (exact) mass is 232 g/mol. The number of esters is 1. The number of hydrogen-bond acceptors (Lipinski definition) is 4. The molecule has 0 bridgehead atoms. The normalized spacial score (nSPS) is 18.5. The molecule has 2 aromatic rings. The fourth-order valence-electron chi connectivity index (χ4n) is 1.58. The van der Waals surface area contributed by atoms with E-state index in [4.69, 9.17) is 9.47 Å². The predicted octanol–water partition coefficient (Wildman–Crippen LogP) is 3.00. The molecule has 16 heavy (non-hydrogen) atoms. The van der Waals surface area contributed by atoms with Crippen molar-refractivity contribution in [1.82, 2.24) is 0 Å². The van der Waals surface area contributed by atoms with E-state index in [0.29, 0.717) is 11.3 Å². The van der Waals surface area contributed by atoms with Crippen LogP contribution in [-0.2, 0) is 4.74 Å². The molecule has 3 nitrogen and oxygen atoms in total. The molecular formula is C12H8O3S. The molecule has 4 heteroatoms. The van der Waals surface area contributed by atoms with Gasteiger partial charge in [-0.05, 0) is 23.6 Å². The van der Waals surface area contributed by atoms with Crippen LogP contribution in [0.5, 0.6) is 5.75 Å². The second-order valence-corrected chi connectivity index (χ2v) is 4.35. The highest BCUT2D eigenvalue weighted by Crippen LogP contribution is 2.34. The third-order valence-corrected chi connectivity index (χ3v) is 3.22. The van der Waals surface area contributed by atoms with Gasteiger partial charge in [0.1, 0.15) is 11.3 Å². The molecule has 1 unspecified atom stereocenters. The molecule has 0 saturated heterocycles. The smallest absolute Gasteiger partial charge is 0.345 e. The van der Waals surface area contributed by atoms with Crippen LogP contribution in [0, 0.1) is 0 Å². The summed E-state index contributed by atoms with van der Waals surface area (Å²) in [4.78, 5) is 12.6. The van der Waals surface area contributed by atoms with Crippen LogP contribution in [0.2, 0.25) is 0 Å². The Balaban J connectivity index is 1.98. The van der Waals surface area contributed by atoms with E-state index in [1.54, 1.807) is 18.2 Å². The number of carbonyl (C=O) groups is 1. The third-order valence-electron chi connectivity index (χ3n) is 2.33. The first-order valence-corrected chi connectivity index (χ1v) is 5.72. The van der Waals surface area contributed by atoms with Gasteiger partial charge in [-0.3, -0.25) is 0 Å². The van der Waals surface area contributed by atoms with E-state index < -0.39 is 6.29 Å². The largest absolute Gasteiger partial charge is 0.449 e. The van der Waals surface area contributed by atoms with Crippen molar-refractivity contribution in [2.45, 2.75) is 6.29 Å². The Hall–Kier alpha value is -1.81. The van der Waals surface area contributed by atoms with Crippen molar-refractivity contribution in [3.63, 3.8) is 0 Å². The molecule has 1 atom stereocenters. The molecule has 80 valence electrons. The summed E-state index contributed by atoms with van der Waals surface area (Å²) in [5.74, 6) is 0.248. The number of hydrogen-bond donors (Lipinski definition) is 0. The Morgan fingerprint density at radius 1 is 1.06 bits per heavy atom. The second kappa shape index (κ2) is 3.64. The van der Waals surface area contributed by atoms with Gasteiger partial charge in [-0.25, -0.2) is 4.79 Å². The number of fused-ring (bicyclic) bond motifs is 1. The van der Waals surface area contributed by atoms with Crippen LogP contribution < -0.4 is 4.74 Å². The summed E-state index contributed by atoms with van der Waals surface area (Å²) in [6.07, 6.45) is -0.609. The molecule has 0 amide bonds. The summed E-state index contributed by atoms with van der Waals surface area (Å²) in [6, 6.07) is 10.9. The maximum absolute atomic E-state index is 11.7. The van der Waals surface area contributed by atoms with Gasteiger partial charge in [-0.15, -0.1) is 11.3 Å². The topological polar surface area (TPSA) is 35.5 Å². The van der Waals surface area contributed by atoms with Crippen LogP contribution in [-0.4, -0.2) is 5.97 Å². The standard InChI is InChI=1S/C12H8O3S/c13-11-8-4-1-2-5-9(8)14-12(15-11)10-6-3-7-16-10/h1-7,12H. The minimum atomic E-state index is -0.609. The lowest BCUT2D eigenvalue weighted by atomic mass is 10.2. The van der Waals surface area contributed by atoms with Crippen LogP contribution in [0.25, 0.3) is 0 Å². The highest BCUT2D eigenvalue weighted by atomic mass is 32.1. The van der Waals surface area contributed by atoms with E-state index in [0.717, 1.165) is 4.88 Å². The van der Waals surface area contributed by atoms with Crippen LogP contribution in [0.4, 0.5) is 0 Å². The zero-order valence-corrected chi connectivity index (χ0v) is 9.07. The number of benzene rings is 1. The Bertz CT molecular complexity index is 519. The number of carbonyl (C=O) groups excluding carboxylic acids is 1. The van der Waals surface area contributed by atoms with E-state index >= 15 is 0 Å². The van der Waals surface area contributed by atoms with Crippen LogP contribution in [0.1, 0.15) is 21.5 Å². The number of para-hydroxylation sites is 1. The van der Waals surface area contributed by atoms with Gasteiger partial charge in [-0.2, -0.15) is 0 Å². The lowest BCUT2D eigenvalue weighted by Gasteiger charge is -2.24. The maximum atomic E-state index is 11.7. The Morgan fingerprint density at radius 2 is 1.94 bits per heavy atom. The van der Waals surface area contributed by atoms with Gasteiger partial charge in [0.15, 0.2) is 0 Å². The first-order chi connectivity index (χ1) is 7.84. The molecule has 0 N–H and O–H groups in total. The highest BCUT2D eigenvalue weighted by Gasteiger charge is 2.28. The van der Waals surface area contributed by atoms with Crippen molar-refractivity contribution in [2.75, 3.05) is 0 Å². The van der Waals surface area contributed by atoms with Crippen molar-refractivity contribution >= 4 is 17.3 Å². The molecule has 1 aliphatic rings. The molecule has 2 heterocycles. The van der Waals surface area contributed by atoms with Gasteiger partial charge >= 0.3 is 5.97 Å². The summed E-state index contributed by atoms with van der Waals surface area (Å²) in [6.45, 7) is 0. The summed E-state index contributed by atoms with van der Waals surface area (Å²) in [5.41, 5.74) is 0.482. The Labute approximate surface area is 96.2 Å². The van der Waals surface area contributed by atoms with Gasteiger partial charge in [0.05, 0.1) is 4.88 Å². The van der Waals surface area contributed by atoms with Gasteiger partial charge < -0.3 is 9.47 Å². The van der Waals surface area contributed by atoms with E-state index in [-0.39, 0.29) is 5.97 Å². The number of rotatable bonds is 1. The Kier molecular flexibility index (Phi) is 2.15. The summed E-state index contributed by atoms with van der Waals surface area (Å²) >= 11 is 1.50. The number of thiophene rings is 1. The first-order valence-electron chi connectivity index (χ1n) is 4.84. The molecular weight excluding hydrogens is 224 g/mol. The van der Waals surface area contributed by atoms with Gasteiger partial charge in [0.25, 0.3) is 6.29 Å². The molecule has 1 aliphatic heterocycles. The van der Waals surface area contributed by atoms with Gasteiger partial charge in [-0.1, -0.05) is 18.2 Å². The van der Waals surface area contributed by atoms with Crippen LogP contribution in [0.15, 0.2) is 41.8 Å². The SMILES string of the molecule is O=C1OC(c2cccs2)Oc2ccccc21. The zero-order chi connectivity index (χ0) is 11.0. The lowest BCUT2D eigenvalue weighted by molar-refractivity contribution is -0.0604. The van der Waals surface area contributed by atoms with Crippen molar-refractivity contribution in [3.8, 4) is 5.75 Å². The average molecular weight is 232 g/mol. The van der Waals surface area contributed by atoms with Gasteiger partial charge in [0.2, 0.25) is 0 Å². The molecule has 3 rings (SSSR count). The van der Waals surface area contributed by atoms with Crippen molar-refractivity contribution < 1.29 is 14.3 Å². The minimum Gasteiger partial charge on any atom is -0.449 e. The fraction of sp³-hybridized carbons (Fsp3) is 0.0833. The van der Waals surface area contributed by atoms with Crippen molar-refractivity contribution in [1.29, 1.82) is 0 Å². The second-order valence-electron chi connectivity index (χ2n) is 3.37. The van der Waals surface area contributed by atoms with Crippen molar-refractivity contribution in [2.24, 2.45) is 0 Å². The highest BCUT2D eigenvalue weighted by molar-refractivity contribution is 7.10. The van der Waals surface area contributed by atoms with Crippen LogP contribution in [0.3, 0.4) is 0 Å². The minimum absolute atomic E-state index is 0.333. The predicted molar refractivity (Wildman–Crippen MR) is 59.5 cm³/mol. The summed E-state index contributed by atoms with van der Waals surface area (Å²) < 4.78 is 10.8. The molecule has 0 radical (unpaired) electrons. The lowest BCUT2D eigenvalue weighted by Crippen LogP contribution is -2.22. The van der Waals surface area contributed by atoms with E-state index in [9.17, 15) is 4.79 Å². The molecule has 1 aromatic carbocycles.